The van der Waals surface area contributed by atoms with E-state index in [9.17, 15) is 4.79 Å². The molecule has 0 aromatic heterocycles. The fourth-order valence-corrected chi connectivity index (χ4v) is 1.99. The van der Waals surface area contributed by atoms with E-state index in [0.717, 1.165) is 11.1 Å². The maximum atomic E-state index is 11.8. The number of carbonyl (C=O) groups excluding carboxylic acids is 1. The van der Waals surface area contributed by atoms with Crippen molar-refractivity contribution in [3.05, 3.63) is 54.6 Å². The van der Waals surface area contributed by atoms with Crippen molar-refractivity contribution in [3.8, 4) is 16.9 Å². The molecule has 0 saturated heterocycles. The lowest BCUT2D eigenvalue weighted by molar-refractivity contribution is -0.124. The molecule has 2 rings (SSSR count). The summed E-state index contributed by atoms with van der Waals surface area (Å²) in [6, 6.07) is 18.1. The van der Waals surface area contributed by atoms with E-state index >= 15 is 0 Å². The zero-order chi connectivity index (χ0) is 15.9. The number of amides is 1. The van der Waals surface area contributed by atoms with E-state index in [1.54, 1.807) is 0 Å². The van der Waals surface area contributed by atoms with Crippen LogP contribution < -0.4 is 10.1 Å². The summed E-state index contributed by atoms with van der Waals surface area (Å²) in [6.45, 7) is 6.20. The van der Waals surface area contributed by atoms with Crippen molar-refractivity contribution in [3.63, 3.8) is 0 Å². The number of benzene rings is 2. The fourth-order valence-electron chi connectivity index (χ4n) is 1.99. The Morgan fingerprint density at radius 3 is 2.14 bits per heavy atom. The molecule has 22 heavy (non-hydrogen) atoms. The van der Waals surface area contributed by atoms with E-state index in [4.69, 9.17) is 4.74 Å². The molecular formula is C19H23NO2. The highest BCUT2D eigenvalue weighted by Gasteiger charge is 2.11. The van der Waals surface area contributed by atoms with E-state index < -0.39 is 0 Å². The molecule has 0 unspecified atom stereocenters. The average Bonchev–Trinajstić information content (AvgIpc) is 2.54. The van der Waals surface area contributed by atoms with Crippen molar-refractivity contribution in [2.75, 3.05) is 6.61 Å². The number of hydrogen-bond donors (Lipinski definition) is 1. The first-order valence-corrected chi connectivity index (χ1v) is 7.64. The molecule has 116 valence electrons. The Labute approximate surface area is 132 Å². The number of nitrogens with one attached hydrogen (secondary N) is 1. The Morgan fingerprint density at radius 2 is 1.55 bits per heavy atom. The minimum Gasteiger partial charge on any atom is -0.484 e. The van der Waals surface area contributed by atoms with Gasteiger partial charge in [-0.2, -0.15) is 0 Å². The quantitative estimate of drug-likeness (QED) is 0.878. The summed E-state index contributed by atoms with van der Waals surface area (Å²) >= 11 is 0. The Kier molecular flexibility index (Phi) is 5.59. The molecule has 3 nitrogen and oxygen atoms in total. The average molecular weight is 297 g/mol. The lowest BCUT2D eigenvalue weighted by Gasteiger charge is -2.17. The fraction of sp³-hybridized carbons (Fsp3) is 0.316. The van der Waals surface area contributed by atoms with Crippen molar-refractivity contribution in [2.24, 2.45) is 5.92 Å². The first-order chi connectivity index (χ1) is 10.6. The molecule has 0 radical (unpaired) electrons. The van der Waals surface area contributed by atoms with E-state index in [-0.39, 0.29) is 18.6 Å². The van der Waals surface area contributed by atoms with Crippen LogP contribution in [0.5, 0.6) is 5.75 Å². The first-order valence-electron chi connectivity index (χ1n) is 7.64. The van der Waals surface area contributed by atoms with Crippen LogP contribution in [-0.2, 0) is 4.79 Å². The summed E-state index contributed by atoms with van der Waals surface area (Å²) in [5.41, 5.74) is 2.29. The molecule has 0 saturated carbocycles. The molecule has 1 amide bonds. The summed E-state index contributed by atoms with van der Waals surface area (Å²) in [6.07, 6.45) is 0. The second-order valence-electron chi connectivity index (χ2n) is 5.78. The smallest absolute Gasteiger partial charge is 0.258 e. The van der Waals surface area contributed by atoms with Crippen LogP contribution in [0, 0.1) is 5.92 Å². The third kappa shape index (κ3) is 4.62. The number of hydrogen-bond acceptors (Lipinski definition) is 2. The van der Waals surface area contributed by atoms with Crippen molar-refractivity contribution in [1.29, 1.82) is 0 Å². The summed E-state index contributed by atoms with van der Waals surface area (Å²) in [4.78, 5) is 11.8. The van der Waals surface area contributed by atoms with Crippen molar-refractivity contribution >= 4 is 5.91 Å². The van der Waals surface area contributed by atoms with E-state index in [2.05, 4.69) is 31.3 Å². The molecule has 0 heterocycles. The minimum atomic E-state index is -0.0895. The van der Waals surface area contributed by atoms with Gasteiger partial charge in [-0.1, -0.05) is 56.3 Å². The van der Waals surface area contributed by atoms with E-state index in [1.165, 1.54) is 0 Å². The van der Waals surface area contributed by atoms with E-state index in [1.807, 2.05) is 49.4 Å². The summed E-state index contributed by atoms with van der Waals surface area (Å²) in [5.74, 6) is 1.02. The summed E-state index contributed by atoms with van der Waals surface area (Å²) < 4.78 is 5.53. The molecule has 0 aliphatic rings. The van der Waals surface area contributed by atoms with E-state index in [0.29, 0.717) is 11.7 Å². The molecule has 0 aliphatic carbocycles. The molecular weight excluding hydrogens is 274 g/mol. The maximum Gasteiger partial charge on any atom is 0.258 e. The van der Waals surface area contributed by atoms with Crippen LogP contribution in [0.1, 0.15) is 20.8 Å². The van der Waals surface area contributed by atoms with Crippen LogP contribution in [0.3, 0.4) is 0 Å². The molecule has 3 heteroatoms. The summed E-state index contributed by atoms with van der Waals surface area (Å²) in [5, 5.41) is 2.92. The van der Waals surface area contributed by atoms with Gasteiger partial charge in [-0.15, -0.1) is 0 Å². The Bertz CT molecular complexity index is 591. The van der Waals surface area contributed by atoms with Crippen LogP contribution >= 0.6 is 0 Å². The van der Waals surface area contributed by atoms with Gasteiger partial charge in [0.15, 0.2) is 6.61 Å². The van der Waals surface area contributed by atoms with Gasteiger partial charge in [-0.3, -0.25) is 4.79 Å². The molecule has 0 aliphatic heterocycles. The van der Waals surface area contributed by atoms with Crippen molar-refractivity contribution < 1.29 is 9.53 Å². The molecule has 1 atom stereocenters. The minimum absolute atomic E-state index is 0.0434. The largest absolute Gasteiger partial charge is 0.484 e. The van der Waals surface area contributed by atoms with Gasteiger partial charge >= 0.3 is 0 Å². The van der Waals surface area contributed by atoms with Gasteiger partial charge in [0, 0.05) is 6.04 Å². The second kappa shape index (κ2) is 7.64. The number of carbonyl (C=O) groups is 1. The van der Waals surface area contributed by atoms with Crippen LogP contribution in [0.15, 0.2) is 54.6 Å². The standard InChI is InChI=1S/C19H23NO2/c1-14(2)15(3)20-19(21)13-22-18-11-9-17(10-12-18)16-7-5-4-6-8-16/h4-12,14-15H,13H2,1-3H3,(H,20,21)/t15-/m0/s1. The van der Waals surface area contributed by atoms with Crippen molar-refractivity contribution in [1.82, 2.24) is 5.32 Å². The van der Waals surface area contributed by atoms with Gasteiger partial charge in [0.05, 0.1) is 0 Å². The van der Waals surface area contributed by atoms with Crippen molar-refractivity contribution in [2.45, 2.75) is 26.8 Å². The van der Waals surface area contributed by atoms with Gasteiger partial charge in [-0.05, 0) is 36.1 Å². The molecule has 0 fully saturated rings. The van der Waals surface area contributed by atoms with Gasteiger partial charge < -0.3 is 10.1 Å². The normalized spacial score (nSPS) is 12.0. The van der Waals surface area contributed by atoms with Gasteiger partial charge in [0.2, 0.25) is 0 Å². The van der Waals surface area contributed by atoms with Crippen LogP contribution in [0.25, 0.3) is 11.1 Å². The van der Waals surface area contributed by atoms with Crippen LogP contribution in [0.2, 0.25) is 0 Å². The molecule has 0 spiro atoms. The first kappa shape index (κ1) is 16.1. The van der Waals surface area contributed by atoms with Gasteiger partial charge in [-0.25, -0.2) is 0 Å². The lowest BCUT2D eigenvalue weighted by Crippen LogP contribution is -2.38. The highest BCUT2D eigenvalue weighted by Crippen LogP contribution is 2.21. The lowest BCUT2D eigenvalue weighted by atomic mass is 10.1. The number of rotatable bonds is 6. The third-order valence-corrected chi connectivity index (χ3v) is 3.72. The second-order valence-corrected chi connectivity index (χ2v) is 5.78. The van der Waals surface area contributed by atoms with Gasteiger partial charge in [0.25, 0.3) is 5.91 Å². The van der Waals surface area contributed by atoms with Crippen LogP contribution in [-0.4, -0.2) is 18.6 Å². The molecule has 2 aromatic rings. The highest BCUT2D eigenvalue weighted by molar-refractivity contribution is 5.77. The van der Waals surface area contributed by atoms with Crippen LogP contribution in [0.4, 0.5) is 0 Å². The monoisotopic (exact) mass is 297 g/mol. The van der Waals surface area contributed by atoms with Gasteiger partial charge in [0.1, 0.15) is 5.75 Å². The third-order valence-electron chi connectivity index (χ3n) is 3.72. The zero-order valence-electron chi connectivity index (χ0n) is 13.4. The molecule has 2 aromatic carbocycles. The Morgan fingerprint density at radius 1 is 0.955 bits per heavy atom. The molecule has 1 N–H and O–H groups in total. The Balaban J connectivity index is 1.88. The SMILES string of the molecule is CC(C)[C@H](C)NC(=O)COc1ccc(-c2ccccc2)cc1. The maximum absolute atomic E-state index is 11.8. The predicted molar refractivity (Wildman–Crippen MR) is 89.8 cm³/mol. The number of ether oxygens (including phenoxy) is 1. The zero-order valence-corrected chi connectivity index (χ0v) is 13.4. The summed E-state index contributed by atoms with van der Waals surface area (Å²) in [7, 11) is 0. The predicted octanol–water partition coefficient (Wildman–Crippen LogP) is 3.89. The molecule has 0 bridgehead atoms. The topological polar surface area (TPSA) is 38.3 Å². The Hall–Kier alpha value is -2.29. The highest BCUT2D eigenvalue weighted by atomic mass is 16.5.